The Bertz CT molecular complexity index is 716. The Morgan fingerprint density at radius 3 is 2.82 bits per heavy atom. The molecule has 0 spiro atoms. The van der Waals surface area contributed by atoms with Crippen LogP contribution in [0.15, 0.2) is 34.9 Å². The number of halogens is 2. The van der Waals surface area contributed by atoms with Crippen LogP contribution in [0.25, 0.3) is 0 Å². The topological polar surface area (TPSA) is 54.9 Å². The molecule has 0 atom stereocenters. The Kier molecular flexibility index (Phi) is 4.20. The van der Waals surface area contributed by atoms with Gasteiger partial charge in [-0.2, -0.15) is 10.2 Å². The van der Waals surface area contributed by atoms with Gasteiger partial charge < -0.3 is 5.32 Å². The van der Waals surface area contributed by atoms with Crippen LogP contribution in [0.2, 0.25) is 0 Å². The number of hydrogen-bond acceptors (Lipinski definition) is 3. The van der Waals surface area contributed by atoms with Crippen molar-refractivity contribution >= 4 is 21.8 Å². The van der Waals surface area contributed by atoms with Crippen molar-refractivity contribution in [3.63, 3.8) is 0 Å². The van der Waals surface area contributed by atoms with Crippen LogP contribution < -0.4 is 5.32 Å². The van der Waals surface area contributed by atoms with E-state index >= 15 is 0 Å². The quantitative estimate of drug-likeness (QED) is 0.909. The summed E-state index contributed by atoms with van der Waals surface area (Å²) in [6.45, 7) is 1.80. The zero-order chi connectivity index (χ0) is 15.7. The number of carbonyl (C=O) groups is 1. The first-order chi connectivity index (χ1) is 10.5. The van der Waals surface area contributed by atoms with E-state index in [0.717, 1.165) is 24.1 Å². The molecule has 1 saturated carbocycles. The molecule has 22 heavy (non-hydrogen) atoms. The average molecular weight is 364 g/mol. The molecule has 114 valence electrons. The van der Waals surface area contributed by atoms with Crippen molar-refractivity contribution in [1.29, 1.82) is 0 Å². The van der Waals surface area contributed by atoms with Crippen molar-refractivity contribution in [3.05, 3.63) is 57.6 Å². The van der Waals surface area contributed by atoms with E-state index < -0.39 is 0 Å². The van der Waals surface area contributed by atoms with Gasteiger partial charge in [0.05, 0.1) is 21.9 Å². The van der Waals surface area contributed by atoms with Crippen LogP contribution in [-0.4, -0.2) is 22.1 Å². The molecule has 1 heterocycles. The first-order valence-electron chi connectivity index (χ1n) is 7.08. The second kappa shape index (κ2) is 6.12. The van der Waals surface area contributed by atoms with Gasteiger partial charge in [0.15, 0.2) is 0 Å². The third-order valence-corrected chi connectivity index (χ3v) is 4.53. The Hall–Kier alpha value is -1.82. The Morgan fingerprint density at radius 2 is 2.14 bits per heavy atom. The van der Waals surface area contributed by atoms with Gasteiger partial charge in [0.2, 0.25) is 0 Å². The van der Waals surface area contributed by atoms with Crippen LogP contribution >= 0.6 is 15.9 Å². The molecule has 0 bridgehead atoms. The van der Waals surface area contributed by atoms with Crippen LogP contribution in [0.5, 0.6) is 0 Å². The molecule has 1 amide bonds. The number of hydrogen-bond donors (Lipinski definition) is 1. The fraction of sp³-hybridized carbons (Fsp3) is 0.312. The number of amides is 1. The minimum absolute atomic E-state index is 0.123. The second-order valence-corrected chi connectivity index (χ2v) is 6.45. The van der Waals surface area contributed by atoms with Crippen LogP contribution in [0.3, 0.4) is 0 Å². The smallest absolute Gasteiger partial charge is 0.253 e. The molecule has 6 heteroatoms. The fourth-order valence-corrected chi connectivity index (χ4v) is 3.04. The predicted molar refractivity (Wildman–Crippen MR) is 84.1 cm³/mol. The van der Waals surface area contributed by atoms with Crippen molar-refractivity contribution in [1.82, 2.24) is 15.5 Å². The minimum atomic E-state index is -0.256. The molecule has 0 aliphatic heterocycles. The van der Waals surface area contributed by atoms with E-state index in [0.29, 0.717) is 16.0 Å². The van der Waals surface area contributed by atoms with Crippen LogP contribution in [0.4, 0.5) is 4.39 Å². The highest BCUT2D eigenvalue weighted by Crippen LogP contribution is 2.38. The molecule has 1 aliphatic carbocycles. The lowest BCUT2D eigenvalue weighted by atomic mass is 9.76. The van der Waals surface area contributed by atoms with Gasteiger partial charge >= 0.3 is 0 Å². The highest BCUT2D eigenvalue weighted by Gasteiger charge is 2.31. The highest BCUT2D eigenvalue weighted by atomic mass is 79.9. The minimum Gasteiger partial charge on any atom is -0.349 e. The molecule has 3 rings (SSSR count). The lowest BCUT2D eigenvalue weighted by molar-refractivity contribution is 0.0908. The molecule has 0 unspecified atom stereocenters. The lowest BCUT2D eigenvalue weighted by Crippen LogP contribution is -2.43. The molecule has 1 N–H and O–H groups in total. The number of aromatic nitrogens is 2. The van der Waals surface area contributed by atoms with Crippen LogP contribution in [0.1, 0.15) is 40.4 Å². The van der Waals surface area contributed by atoms with Crippen LogP contribution in [-0.2, 0) is 0 Å². The zero-order valence-corrected chi connectivity index (χ0v) is 13.6. The van der Waals surface area contributed by atoms with Gasteiger partial charge in [-0.25, -0.2) is 4.39 Å². The maximum absolute atomic E-state index is 13.2. The molecule has 2 aromatic rings. The van der Waals surface area contributed by atoms with Crippen molar-refractivity contribution in [2.45, 2.75) is 31.7 Å². The summed E-state index contributed by atoms with van der Waals surface area (Å²) in [6, 6.07) is 6.95. The van der Waals surface area contributed by atoms with Crippen LogP contribution in [0, 0.1) is 12.7 Å². The van der Waals surface area contributed by atoms with E-state index in [1.54, 1.807) is 19.1 Å². The third-order valence-electron chi connectivity index (χ3n) is 3.93. The normalized spacial score (nSPS) is 20.3. The number of aryl methyl sites for hydroxylation is 1. The van der Waals surface area contributed by atoms with E-state index in [2.05, 4.69) is 31.4 Å². The van der Waals surface area contributed by atoms with Gasteiger partial charge in [-0.05, 0) is 65.4 Å². The molecule has 0 saturated heterocycles. The lowest BCUT2D eigenvalue weighted by Gasteiger charge is -2.36. The average Bonchev–Trinajstić information content (AvgIpc) is 2.45. The van der Waals surface area contributed by atoms with E-state index in [1.807, 2.05) is 6.07 Å². The van der Waals surface area contributed by atoms with Crippen molar-refractivity contribution in [2.24, 2.45) is 0 Å². The SMILES string of the molecule is Cc1cc(C(=O)NC2CC(c3ccc(F)c(Br)c3)C2)cnn1. The molecule has 4 nitrogen and oxygen atoms in total. The second-order valence-electron chi connectivity index (χ2n) is 5.60. The largest absolute Gasteiger partial charge is 0.349 e. The van der Waals surface area contributed by atoms with Gasteiger partial charge in [0, 0.05) is 6.04 Å². The summed E-state index contributed by atoms with van der Waals surface area (Å²) in [5, 5.41) is 10.6. The van der Waals surface area contributed by atoms with Crippen molar-refractivity contribution in [2.75, 3.05) is 0 Å². The van der Waals surface area contributed by atoms with E-state index in [-0.39, 0.29) is 17.8 Å². The maximum Gasteiger partial charge on any atom is 0.253 e. The fourth-order valence-electron chi connectivity index (χ4n) is 2.64. The number of benzene rings is 1. The van der Waals surface area contributed by atoms with Gasteiger partial charge in [0.25, 0.3) is 5.91 Å². The van der Waals surface area contributed by atoms with Gasteiger partial charge in [-0.3, -0.25) is 4.79 Å². The zero-order valence-electron chi connectivity index (χ0n) is 12.0. The summed E-state index contributed by atoms with van der Waals surface area (Å²) < 4.78 is 13.7. The Labute approximate surface area is 136 Å². The molecular weight excluding hydrogens is 349 g/mol. The molecule has 0 radical (unpaired) electrons. The summed E-state index contributed by atoms with van der Waals surface area (Å²) in [4.78, 5) is 12.1. The first kappa shape index (κ1) is 15.1. The summed E-state index contributed by atoms with van der Waals surface area (Å²) in [5.74, 6) is -0.0188. The summed E-state index contributed by atoms with van der Waals surface area (Å²) >= 11 is 3.20. The van der Waals surface area contributed by atoms with E-state index in [9.17, 15) is 9.18 Å². The molecule has 1 aromatic carbocycles. The van der Waals surface area contributed by atoms with Gasteiger partial charge in [-0.1, -0.05) is 6.07 Å². The maximum atomic E-state index is 13.2. The van der Waals surface area contributed by atoms with Gasteiger partial charge in [0.1, 0.15) is 5.82 Å². The molecule has 1 aromatic heterocycles. The number of nitrogens with one attached hydrogen (secondary N) is 1. The standard InChI is InChI=1S/C16H15BrFN3O/c1-9-4-12(8-19-21-9)16(22)20-13-5-11(6-13)10-2-3-15(18)14(17)7-10/h2-4,7-8,11,13H,5-6H2,1H3,(H,20,22). The molecule has 1 aliphatic rings. The van der Waals surface area contributed by atoms with E-state index in [1.165, 1.54) is 12.3 Å². The Morgan fingerprint density at radius 1 is 1.36 bits per heavy atom. The number of rotatable bonds is 3. The summed E-state index contributed by atoms with van der Waals surface area (Å²) in [5.41, 5.74) is 2.34. The first-order valence-corrected chi connectivity index (χ1v) is 7.87. The predicted octanol–water partition coefficient (Wildman–Crippen LogP) is 3.36. The molecule has 1 fully saturated rings. The third kappa shape index (κ3) is 3.16. The molecular formula is C16H15BrFN3O. The van der Waals surface area contributed by atoms with E-state index in [4.69, 9.17) is 0 Å². The highest BCUT2D eigenvalue weighted by molar-refractivity contribution is 9.10. The number of nitrogens with zero attached hydrogens (tertiary/aromatic N) is 2. The summed E-state index contributed by atoms with van der Waals surface area (Å²) in [6.07, 6.45) is 3.19. The Balaban J connectivity index is 1.57. The monoisotopic (exact) mass is 363 g/mol. The van der Waals surface area contributed by atoms with Crippen molar-refractivity contribution in [3.8, 4) is 0 Å². The summed E-state index contributed by atoms with van der Waals surface area (Å²) in [7, 11) is 0. The van der Waals surface area contributed by atoms with Gasteiger partial charge in [-0.15, -0.1) is 0 Å². The number of carbonyl (C=O) groups excluding carboxylic acids is 1. The van der Waals surface area contributed by atoms with Crippen molar-refractivity contribution < 1.29 is 9.18 Å².